The second kappa shape index (κ2) is 5.50. The summed E-state index contributed by atoms with van der Waals surface area (Å²) in [6.07, 6.45) is 10.1. The molecule has 1 atom stereocenters. The van der Waals surface area contributed by atoms with Crippen LogP contribution >= 0.6 is 0 Å². The molecule has 0 saturated heterocycles. The number of pyridine rings is 2. The van der Waals surface area contributed by atoms with Crippen LogP contribution in [0.4, 0.5) is 0 Å². The van der Waals surface area contributed by atoms with Gasteiger partial charge in [-0.15, -0.1) is 0 Å². The van der Waals surface area contributed by atoms with E-state index in [2.05, 4.69) is 103 Å². The molecular formula is C31H16N6O+2. The van der Waals surface area contributed by atoms with E-state index in [-0.39, 0.29) is 0 Å². The Bertz CT molecular complexity index is 2450. The summed E-state index contributed by atoms with van der Waals surface area (Å²) in [5, 5.41) is 4.72. The second-order valence-electron chi connectivity index (χ2n) is 10.3. The number of nitrogens with zero attached hydrogens (tertiary/aromatic N) is 6. The summed E-state index contributed by atoms with van der Waals surface area (Å²) in [6, 6.07) is 23.8. The highest BCUT2D eigenvalue weighted by Crippen LogP contribution is 2.56. The largest absolute Gasteiger partial charge is 0.456 e. The van der Waals surface area contributed by atoms with Crippen molar-refractivity contribution in [3.05, 3.63) is 109 Å². The maximum absolute atomic E-state index is 6.76. The SMILES string of the molecule is c1cc[n+]2c(c1)-n1c3ccccc3c3ccc4c(c31)C21c2c(ccc3c5nccnc5n5cc[n+]1c5c23)O4. The van der Waals surface area contributed by atoms with Crippen LogP contribution in [0.15, 0.2) is 97.7 Å². The average Bonchev–Trinajstić information content (AvgIpc) is 3.65. The minimum Gasteiger partial charge on any atom is -0.456 e. The van der Waals surface area contributed by atoms with Gasteiger partial charge in [-0.2, -0.15) is 18.1 Å². The Morgan fingerprint density at radius 1 is 0.737 bits per heavy atom. The summed E-state index contributed by atoms with van der Waals surface area (Å²) in [4.78, 5) is 9.54. The molecule has 174 valence electrons. The van der Waals surface area contributed by atoms with Crippen molar-refractivity contribution in [2.75, 3.05) is 0 Å². The van der Waals surface area contributed by atoms with Gasteiger partial charge in [-0.25, -0.2) is 9.97 Å². The van der Waals surface area contributed by atoms with E-state index in [0.717, 1.165) is 56.0 Å². The molecule has 38 heavy (non-hydrogen) atoms. The highest BCUT2D eigenvalue weighted by atomic mass is 16.5. The lowest BCUT2D eigenvalue weighted by atomic mass is 9.84. The molecule has 11 rings (SSSR count). The monoisotopic (exact) mass is 488 g/mol. The topological polar surface area (TPSA) is 52.1 Å². The van der Waals surface area contributed by atoms with Crippen LogP contribution in [-0.4, -0.2) is 18.9 Å². The molecule has 1 unspecified atom stereocenters. The number of ether oxygens (including phenoxy) is 1. The molecule has 0 bridgehead atoms. The molecule has 1 spiro atoms. The van der Waals surface area contributed by atoms with E-state index in [0.29, 0.717) is 0 Å². The number of benzene rings is 3. The quantitative estimate of drug-likeness (QED) is 0.229. The molecule has 7 nitrogen and oxygen atoms in total. The van der Waals surface area contributed by atoms with Gasteiger partial charge in [-0.3, -0.25) is 0 Å². The molecule has 0 radical (unpaired) electrons. The molecule has 0 fully saturated rings. The van der Waals surface area contributed by atoms with Gasteiger partial charge in [0, 0.05) is 34.6 Å². The number of rotatable bonds is 0. The summed E-state index contributed by atoms with van der Waals surface area (Å²) < 4.78 is 16.2. The van der Waals surface area contributed by atoms with Gasteiger partial charge in [-0.1, -0.05) is 18.2 Å². The Hall–Kier alpha value is -5.30. The molecule has 0 saturated carbocycles. The Labute approximate surface area is 214 Å². The van der Waals surface area contributed by atoms with E-state index >= 15 is 0 Å². The zero-order chi connectivity index (χ0) is 24.3. The molecule has 8 heterocycles. The fourth-order valence-electron chi connectivity index (χ4n) is 7.64. The molecule has 0 N–H and O–H groups in total. The average molecular weight is 489 g/mol. The summed E-state index contributed by atoms with van der Waals surface area (Å²) in [7, 11) is 0. The fourth-order valence-corrected chi connectivity index (χ4v) is 7.64. The predicted octanol–water partition coefficient (Wildman–Crippen LogP) is 4.74. The van der Waals surface area contributed by atoms with Crippen LogP contribution < -0.4 is 13.9 Å². The Morgan fingerprint density at radius 3 is 2.55 bits per heavy atom. The third kappa shape index (κ3) is 1.59. The Balaban J connectivity index is 1.50. The lowest BCUT2D eigenvalue weighted by molar-refractivity contribution is -0.956. The van der Waals surface area contributed by atoms with Gasteiger partial charge in [0.05, 0.1) is 11.6 Å². The second-order valence-corrected chi connectivity index (χ2v) is 10.3. The molecule has 0 amide bonds. The lowest BCUT2D eigenvalue weighted by Crippen LogP contribution is -2.75. The van der Waals surface area contributed by atoms with Crippen molar-refractivity contribution < 1.29 is 13.9 Å². The fraction of sp³-hybridized carbons (Fsp3) is 0.0323. The van der Waals surface area contributed by atoms with Crippen LogP contribution in [0.5, 0.6) is 11.5 Å². The minimum absolute atomic E-state index is 0.655. The highest BCUT2D eigenvalue weighted by Gasteiger charge is 2.64. The zero-order valence-corrected chi connectivity index (χ0v) is 19.8. The van der Waals surface area contributed by atoms with E-state index in [1.54, 1.807) is 12.4 Å². The molecule has 3 aromatic carbocycles. The first-order valence-electron chi connectivity index (χ1n) is 12.8. The van der Waals surface area contributed by atoms with Crippen molar-refractivity contribution in [2.45, 2.75) is 5.66 Å². The molecule has 5 aromatic heterocycles. The lowest BCUT2D eigenvalue weighted by Gasteiger charge is -2.36. The third-order valence-corrected chi connectivity index (χ3v) is 8.85. The summed E-state index contributed by atoms with van der Waals surface area (Å²) in [6.45, 7) is 0. The maximum Gasteiger partial charge on any atom is 0.318 e. The molecule has 8 aromatic rings. The van der Waals surface area contributed by atoms with Crippen molar-refractivity contribution in [2.24, 2.45) is 0 Å². The Kier molecular flexibility index (Phi) is 2.61. The van der Waals surface area contributed by atoms with Gasteiger partial charge >= 0.3 is 11.3 Å². The van der Waals surface area contributed by atoms with Crippen LogP contribution in [0.3, 0.4) is 0 Å². The van der Waals surface area contributed by atoms with Crippen molar-refractivity contribution in [3.63, 3.8) is 0 Å². The van der Waals surface area contributed by atoms with Crippen LogP contribution in [-0.2, 0) is 5.66 Å². The van der Waals surface area contributed by atoms with E-state index in [9.17, 15) is 0 Å². The highest BCUT2D eigenvalue weighted by molar-refractivity contribution is 6.14. The normalized spacial score (nSPS) is 17.8. The van der Waals surface area contributed by atoms with E-state index < -0.39 is 5.66 Å². The summed E-state index contributed by atoms with van der Waals surface area (Å²) >= 11 is 0. The van der Waals surface area contributed by atoms with Gasteiger partial charge in [0.2, 0.25) is 0 Å². The van der Waals surface area contributed by atoms with Gasteiger partial charge in [0.1, 0.15) is 46.1 Å². The molecular weight excluding hydrogens is 472 g/mol. The van der Waals surface area contributed by atoms with Crippen molar-refractivity contribution in [3.8, 4) is 17.3 Å². The number of hydrogen-bond acceptors (Lipinski definition) is 3. The van der Waals surface area contributed by atoms with Crippen molar-refractivity contribution in [1.82, 2.24) is 18.9 Å². The minimum atomic E-state index is -0.655. The Morgan fingerprint density at radius 2 is 1.58 bits per heavy atom. The van der Waals surface area contributed by atoms with E-state index in [1.165, 1.54) is 21.8 Å². The van der Waals surface area contributed by atoms with Crippen LogP contribution in [0, 0.1) is 0 Å². The number of fused-ring (bicyclic) bond motifs is 8. The summed E-state index contributed by atoms with van der Waals surface area (Å²) in [5.74, 6) is 2.88. The first kappa shape index (κ1) is 18.0. The van der Waals surface area contributed by atoms with Crippen molar-refractivity contribution in [1.29, 1.82) is 0 Å². The van der Waals surface area contributed by atoms with Gasteiger partial charge < -0.3 is 4.74 Å². The van der Waals surface area contributed by atoms with E-state index in [4.69, 9.17) is 14.7 Å². The smallest absolute Gasteiger partial charge is 0.318 e. The molecule has 3 aliphatic rings. The molecule has 0 aliphatic carbocycles. The van der Waals surface area contributed by atoms with Crippen LogP contribution in [0.1, 0.15) is 11.1 Å². The van der Waals surface area contributed by atoms with Gasteiger partial charge in [0.15, 0.2) is 5.52 Å². The number of hydrogen-bond donors (Lipinski definition) is 0. The predicted molar refractivity (Wildman–Crippen MR) is 141 cm³/mol. The molecule has 7 heteroatoms. The third-order valence-electron chi connectivity index (χ3n) is 8.85. The van der Waals surface area contributed by atoms with Crippen LogP contribution in [0.25, 0.3) is 55.2 Å². The first-order chi connectivity index (χ1) is 18.9. The standard InChI is InChI=1S/C31H16N6O/c1-2-6-20-17(5-1)18-8-10-22-26-28(18)37(20)23-7-3-4-14-35(23)31(26)25-21(38-22)11-9-19-24(25)30-34(15-16-36(30)31)29-27(19)32-12-13-33-29/h1-16H/q+2. The number of aromatic nitrogens is 6. The van der Waals surface area contributed by atoms with Crippen LogP contribution in [0.2, 0.25) is 0 Å². The number of imidazole rings is 1. The zero-order valence-electron chi connectivity index (χ0n) is 19.8. The van der Waals surface area contributed by atoms with E-state index in [1.807, 2.05) is 0 Å². The summed E-state index contributed by atoms with van der Waals surface area (Å²) in [5.41, 5.74) is 6.90. The number of para-hydroxylation sites is 1. The first-order valence-corrected chi connectivity index (χ1v) is 12.8. The molecule has 3 aliphatic heterocycles. The van der Waals surface area contributed by atoms with Gasteiger partial charge in [-0.05, 0) is 42.5 Å². The maximum atomic E-state index is 6.76. The van der Waals surface area contributed by atoms with Gasteiger partial charge in [0.25, 0.3) is 11.5 Å². The van der Waals surface area contributed by atoms with Crippen molar-refractivity contribution >= 4 is 49.4 Å².